The Morgan fingerprint density at radius 1 is 0.458 bits per heavy atom. The average molecular weight is 1630 g/mol. The highest BCUT2D eigenvalue weighted by molar-refractivity contribution is 6.35. The second-order valence-corrected chi connectivity index (χ2v) is 34.3. The van der Waals surface area contributed by atoms with Crippen molar-refractivity contribution in [1.29, 1.82) is 15.8 Å². The number of piperidine rings is 3. The highest BCUT2D eigenvalue weighted by atomic mass is 35.5. The molecule has 6 aliphatic rings. The Labute approximate surface area is 699 Å². The molecule has 0 spiro atoms. The maximum Gasteiger partial charge on any atom is 0.410 e. The van der Waals surface area contributed by atoms with Crippen LogP contribution in [-0.4, -0.2) is 102 Å². The molecule has 3 aliphatic heterocycles. The second kappa shape index (κ2) is 38.4. The third-order valence-electron chi connectivity index (χ3n) is 24.8. The van der Waals surface area contributed by atoms with Gasteiger partial charge >= 0.3 is 6.09 Å². The Balaban J connectivity index is 0.000000154. The summed E-state index contributed by atoms with van der Waals surface area (Å²) in [6.07, 6.45) is 16.9. The number of carbonyl (C=O) groups excluding carboxylic acids is 4. The first-order valence-electron chi connectivity index (χ1n) is 41.0. The fraction of sp³-hybridized carbons (Fsp3) is 0.371. The number of anilines is 3. The fourth-order valence-electron chi connectivity index (χ4n) is 18.4. The van der Waals surface area contributed by atoms with Gasteiger partial charge in [-0.2, -0.15) is 15.8 Å². The van der Waals surface area contributed by atoms with Crippen LogP contribution in [0.3, 0.4) is 0 Å². The van der Waals surface area contributed by atoms with E-state index in [1.807, 2.05) is 106 Å². The number of carbonyl (C=O) groups is 4. The number of rotatable bonds is 20. The van der Waals surface area contributed by atoms with Crippen LogP contribution in [-0.2, 0) is 40.3 Å². The molecule has 15 rings (SSSR count). The van der Waals surface area contributed by atoms with Gasteiger partial charge in [0.25, 0.3) is 0 Å². The quantitative estimate of drug-likeness (QED) is 0.0612. The lowest BCUT2D eigenvalue weighted by molar-refractivity contribution is -0.136. The molecule has 118 heavy (non-hydrogen) atoms. The largest absolute Gasteiger partial charge is 0.444 e. The number of nitriles is 3. The van der Waals surface area contributed by atoms with E-state index in [4.69, 9.17) is 32.7 Å². The number of ether oxygens (including phenoxy) is 2. The molecule has 1 unspecified atom stereocenters. The van der Waals surface area contributed by atoms with Gasteiger partial charge in [-0.05, 0) is 269 Å². The van der Waals surface area contributed by atoms with Crippen molar-refractivity contribution < 1.29 is 46.2 Å². The van der Waals surface area contributed by atoms with Crippen molar-refractivity contribution in [3.8, 4) is 51.6 Å². The van der Waals surface area contributed by atoms with Crippen molar-refractivity contribution in [3.63, 3.8) is 0 Å². The number of likely N-dealkylation sites (tertiary alicyclic amines) is 3. The van der Waals surface area contributed by atoms with Crippen molar-refractivity contribution in [2.45, 2.75) is 170 Å². The van der Waals surface area contributed by atoms with E-state index >= 15 is 0 Å². The van der Waals surface area contributed by atoms with Gasteiger partial charge in [-0.1, -0.05) is 152 Å². The molecule has 6 fully saturated rings. The van der Waals surface area contributed by atoms with Crippen molar-refractivity contribution in [2.75, 3.05) is 61.8 Å². The van der Waals surface area contributed by atoms with Crippen molar-refractivity contribution >= 4 is 64.1 Å². The third-order valence-corrected chi connectivity index (χ3v) is 25.3. The lowest BCUT2D eigenvalue weighted by Gasteiger charge is -2.45. The molecule has 3 saturated heterocycles. The first-order chi connectivity index (χ1) is 56.8. The molecular weight excluding hydrogens is 1530 g/mol. The van der Waals surface area contributed by atoms with E-state index in [1.165, 1.54) is 69.1 Å². The molecule has 3 atom stereocenters. The number of hydrogen-bond donors (Lipinski definition) is 3. The van der Waals surface area contributed by atoms with E-state index in [0.29, 0.717) is 89.7 Å². The molecule has 3 saturated carbocycles. The van der Waals surface area contributed by atoms with Gasteiger partial charge in [0, 0.05) is 90.3 Å². The molecule has 21 heteroatoms. The molecule has 4 amide bonds. The molecule has 610 valence electrons. The van der Waals surface area contributed by atoms with Crippen LogP contribution in [0.1, 0.15) is 170 Å². The SMILES string of the molecule is CC(C)(C)OC(=O)N1CCC(CCC(=O)Nc2ccc(F)c(F)c2)(c2ccc(-c3cccc(C#N)c3)cc2)CC1.N#Cc1cccc(-c2ccc(C3(CCC(=O)Nc4ccc(F)c(F)c4)CCN(C4CCCC4)CC3)cc2)c1.N#Cc1cccc(-c2ccc(C3(OCC(=O)Nc4cc(Cl)cc(Cl)c4)CCN(C4C[C@@H]5CC[C@H]4C5)CC3)cc2)c1. The van der Waals surface area contributed by atoms with Crippen LogP contribution < -0.4 is 16.0 Å². The number of amides is 4. The van der Waals surface area contributed by atoms with Crippen LogP contribution in [0.5, 0.6) is 0 Å². The Morgan fingerprint density at radius 2 is 0.890 bits per heavy atom. The van der Waals surface area contributed by atoms with Crippen LogP contribution in [0.2, 0.25) is 10.0 Å². The number of halogens is 6. The van der Waals surface area contributed by atoms with Gasteiger partial charge in [-0.3, -0.25) is 19.3 Å². The van der Waals surface area contributed by atoms with Crippen LogP contribution >= 0.6 is 23.2 Å². The minimum absolute atomic E-state index is 0.0653. The van der Waals surface area contributed by atoms with Crippen LogP contribution in [0, 0.1) is 69.1 Å². The van der Waals surface area contributed by atoms with Gasteiger partial charge in [-0.25, -0.2) is 22.4 Å². The zero-order chi connectivity index (χ0) is 83.1. The van der Waals surface area contributed by atoms with E-state index in [1.54, 1.807) is 35.2 Å². The number of benzene rings is 9. The highest BCUT2D eigenvalue weighted by Crippen LogP contribution is 2.50. The molecule has 2 bridgehead atoms. The summed E-state index contributed by atoms with van der Waals surface area (Å²) < 4.78 is 65.9. The maximum atomic E-state index is 13.6. The number of nitrogens with one attached hydrogen (secondary N) is 3. The van der Waals surface area contributed by atoms with Crippen LogP contribution in [0.4, 0.5) is 39.4 Å². The summed E-state index contributed by atoms with van der Waals surface area (Å²) in [6.45, 7) is 10.3. The first kappa shape index (κ1) is 85.2. The molecular formula is C97H99Cl2F4N9O6. The third kappa shape index (κ3) is 21.6. The van der Waals surface area contributed by atoms with Gasteiger partial charge in [0.05, 0.1) is 40.5 Å². The predicted molar refractivity (Wildman–Crippen MR) is 454 cm³/mol. The van der Waals surface area contributed by atoms with Crippen LogP contribution in [0.25, 0.3) is 33.4 Å². The van der Waals surface area contributed by atoms with Gasteiger partial charge in [-0.15, -0.1) is 0 Å². The number of hydrogen-bond acceptors (Lipinski definition) is 11. The summed E-state index contributed by atoms with van der Waals surface area (Å²) in [5.41, 5.74) is 10.6. The Kier molecular flexibility index (Phi) is 27.7. The van der Waals surface area contributed by atoms with Crippen molar-refractivity contribution in [1.82, 2.24) is 14.7 Å². The lowest BCUT2D eigenvalue weighted by atomic mass is 9.69. The van der Waals surface area contributed by atoms with Crippen LogP contribution in [0.15, 0.2) is 200 Å². The number of nitrogens with zero attached hydrogens (tertiary/aromatic N) is 6. The molecule has 9 aromatic carbocycles. The summed E-state index contributed by atoms with van der Waals surface area (Å²) in [7, 11) is 0. The Bertz CT molecular complexity index is 5170. The first-order valence-corrected chi connectivity index (χ1v) is 41.8. The predicted octanol–water partition coefficient (Wildman–Crippen LogP) is 22.1. The monoisotopic (exact) mass is 1630 g/mol. The van der Waals surface area contributed by atoms with E-state index in [9.17, 15) is 52.5 Å². The topological polar surface area (TPSA) is 204 Å². The van der Waals surface area contributed by atoms with E-state index in [2.05, 4.69) is 92.5 Å². The zero-order valence-electron chi connectivity index (χ0n) is 66.9. The molecule has 0 radical (unpaired) electrons. The fourth-order valence-corrected chi connectivity index (χ4v) is 18.9. The molecule has 15 nitrogen and oxygen atoms in total. The number of fused-ring (bicyclic) bond motifs is 2. The summed E-state index contributed by atoms with van der Waals surface area (Å²) in [6, 6.07) is 67.4. The summed E-state index contributed by atoms with van der Waals surface area (Å²) in [5.74, 6) is -2.88. The molecule has 9 aromatic rings. The zero-order valence-corrected chi connectivity index (χ0v) is 68.5. The molecule has 0 aromatic heterocycles. The van der Waals surface area contributed by atoms with Crippen molar-refractivity contribution in [2.24, 2.45) is 11.8 Å². The maximum absolute atomic E-state index is 13.6. The smallest absolute Gasteiger partial charge is 0.410 e. The summed E-state index contributed by atoms with van der Waals surface area (Å²) in [4.78, 5) is 58.3. The van der Waals surface area contributed by atoms with Crippen molar-refractivity contribution in [3.05, 3.63) is 267 Å². The lowest BCUT2D eigenvalue weighted by Crippen LogP contribution is -2.50. The van der Waals surface area contributed by atoms with Gasteiger partial charge in [0.1, 0.15) is 12.2 Å². The molecule has 3 aliphatic carbocycles. The van der Waals surface area contributed by atoms with E-state index in [0.717, 1.165) is 132 Å². The summed E-state index contributed by atoms with van der Waals surface area (Å²) >= 11 is 12.2. The molecule has 3 heterocycles. The normalized spacial score (nSPS) is 18.7. The van der Waals surface area contributed by atoms with Gasteiger partial charge in [0.2, 0.25) is 17.7 Å². The van der Waals surface area contributed by atoms with E-state index < -0.39 is 34.5 Å². The average Bonchev–Trinajstić information content (AvgIpc) is 1.08. The van der Waals surface area contributed by atoms with Gasteiger partial charge < -0.3 is 35.2 Å². The Hall–Kier alpha value is -10.7. The minimum Gasteiger partial charge on any atom is -0.444 e. The van der Waals surface area contributed by atoms with E-state index in [-0.39, 0.29) is 59.0 Å². The minimum atomic E-state index is -1.02. The van der Waals surface area contributed by atoms with Gasteiger partial charge in [0.15, 0.2) is 23.3 Å². The highest BCUT2D eigenvalue weighted by Gasteiger charge is 2.47. The second-order valence-electron chi connectivity index (χ2n) is 33.4. The standard InChI is InChI=1S/C33H33Cl2N3O2.C32H33F2N3O3.C32H33F2N3O/c34-28-17-29(35)19-30(18-28)37-32(39)21-40-33(10-12-38(13-11-33)31-16-22-4-5-26(31)14-22)27-8-6-24(7-9-27)25-3-1-2-23(15-25)20-36;1-31(2,3)40-30(39)37-17-15-32(16-18-37,14-13-29(38)36-26-11-12-27(33)28(34)20-26)25-9-7-23(8-10-25)24-6-4-5-22(19-24)21-35;33-29-13-12-27(21-30(29)34)36-31(38)14-15-32(16-18-37(19-17-32)28-6-1-2-7-28)26-10-8-24(9-11-26)25-5-3-4-23(20-25)22-35/h1-3,6-9,15,17-19,22,26,31H,4-5,10-14,16,21H2,(H,37,39);4-12,19-20H,13-18H2,1-3H3,(H,36,38);3-5,8-13,20-21,28H,1-2,6-7,14-19H2,(H,36,38)/t22-,26+,31?;;/m1../s1. The summed E-state index contributed by atoms with van der Waals surface area (Å²) in [5, 5.41) is 37.0. The molecule has 3 N–H and O–H groups in total. The Morgan fingerprint density at radius 3 is 1.31 bits per heavy atom.